The SMILES string of the molecule is CN(c1ccc(OCC(F)(F)F)cc1)c1ccc2c(c1)CCN[C@@H]2CCc1cnccc1C(=O)O.CN(c1ccc(OCC(F)(F)F)cc1)c1ccc2c(c1)CCN[C@H]2CCc1cnccc1C(=O)O. The Balaban J connectivity index is 0.000000206. The second-order valence-corrected chi connectivity index (χ2v) is 16.9. The van der Waals surface area contributed by atoms with Crippen LogP contribution in [0.15, 0.2) is 122 Å². The molecule has 2 atom stereocenters. The molecule has 0 unspecified atom stereocenters. The molecule has 0 amide bonds. The lowest BCUT2D eigenvalue weighted by atomic mass is 9.89. The van der Waals surface area contributed by atoms with Gasteiger partial charge in [-0.25, -0.2) is 9.59 Å². The monoisotopic (exact) mass is 970 g/mol. The number of alkyl halides is 6. The molecule has 2 aliphatic heterocycles. The summed E-state index contributed by atoms with van der Waals surface area (Å²) in [4.78, 5) is 35.1. The summed E-state index contributed by atoms with van der Waals surface area (Å²) in [6.07, 6.45) is 1.87. The third kappa shape index (κ3) is 13.5. The molecule has 70 heavy (non-hydrogen) atoms. The molecule has 0 saturated heterocycles. The van der Waals surface area contributed by atoms with Crippen LogP contribution < -0.4 is 29.9 Å². The van der Waals surface area contributed by atoms with E-state index in [-0.39, 0.29) is 34.7 Å². The number of nitrogens with zero attached hydrogens (tertiary/aromatic N) is 4. The molecule has 6 aromatic rings. The van der Waals surface area contributed by atoms with E-state index >= 15 is 0 Å². The fourth-order valence-electron chi connectivity index (χ4n) is 8.64. The van der Waals surface area contributed by atoms with E-state index in [1.165, 1.54) is 71.0 Å². The fourth-order valence-corrected chi connectivity index (χ4v) is 8.64. The van der Waals surface area contributed by atoms with E-state index in [0.717, 1.165) is 61.5 Å². The van der Waals surface area contributed by atoms with Gasteiger partial charge in [0.2, 0.25) is 0 Å². The van der Waals surface area contributed by atoms with Crippen LogP contribution in [0.1, 0.15) is 79.0 Å². The number of hydrogen-bond acceptors (Lipinski definition) is 10. The van der Waals surface area contributed by atoms with Crippen LogP contribution in [-0.4, -0.2) is 84.9 Å². The van der Waals surface area contributed by atoms with Crippen molar-refractivity contribution in [3.63, 3.8) is 0 Å². The molecule has 0 spiro atoms. The smallest absolute Gasteiger partial charge is 0.422 e. The number of aromatic nitrogens is 2. The van der Waals surface area contributed by atoms with Crippen LogP contribution in [0, 0.1) is 0 Å². The highest BCUT2D eigenvalue weighted by Crippen LogP contribution is 2.35. The van der Waals surface area contributed by atoms with Crippen molar-refractivity contribution in [2.24, 2.45) is 0 Å². The lowest BCUT2D eigenvalue weighted by Gasteiger charge is -2.29. The first-order valence-electron chi connectivity index (χ1n) is 22.5. The van der Waals surface area contributed by atoms with Crippen LogP contribution in [0.4, 0.5) is 49.1 Å². The molecule has 2 aromatic heterocycles. The van der Waals surface area contributed by atoms with Crippen LogP contribution in [0.25, 0.3) is 0 Å². The van der Waals surface area contributed by atoms with Gasteiger partial charge in [-0.1, -0.05) is 12.1 Å². The summed E-state index contributed by atoms with van der Waals surface area (Å²) in [5.74, 6) is -1.57. The summed E-state index contributed by atoms with van der Waals surface area (Å²) in [5, 5.41) is 25.9. The summed E-state index contributed by atoms with van der Waals surface area (Å²) in [7, 11) is 3.81. The number of halogens is 6. The van der Waals surface area contributed by atoms with Crippen molar-refractivity contribution in [1.29, 1.82) is 0 Å². The second kappa shape index (κ2) is 22.5. The van der Waals surface area contributed by atoms with E-state index in [1.54, 1.807) is 36.7 Å². The Morgan fingerprint density at radius 3 is 1.31 bits per heavy atom. The molecule has 0 saturated carbocycles. The Bertz CT molecular complexity index is 2550. The first-order chi connectivity index (χ1) is 33.4. The molecule has 0 fully saturated rings. The zero-order valence-electron chi connectivity index (χ0n) is 38.4. The van der Waals surface area contributed by atoms with E-state index in [0.29, 0.717) is 24.0 Å². The molecule has 18 heteroatoms. The number of anilines is 4. The van der Waals surface area contributed by atoms with Gasteiger partial charge in [0.25, 0.3) is 0 Å². The molecule has 4 aromatic carbocycles. The number of carboxylic acids is 2. The quantitative estimate of drug-likeness (QED) is 0.0684. The molecule has 368 valence electrons. The summed E-state index contributed by atoms with van der Waals surface area (Å²) < 4.78 is 83.7. The van der Waals surface area contributed by atoms with Gasteiger partial charge < -0.3 is 40.1 Å². The normalized spacial score (nSPS) is 15.4. The van der Waals surface area contributed by atoms with Gasteiger partial charge in [0.05, 0.1) is 11.1 Å². The van der Waals surface area contributed by atoms with Gasteiger partial charge in [0, 0.05) is 73.7 Å². The van der Waals surface area contributed by atoms with Crippen molar-refractivity contribution in [1.82, 2.24) is 20.6 Å². The highest BCUT2D eigenvalue weighted by Gasteiger charge is 2.30. The summed E-state index contributed by atoms with van der Waals surface area (Å²) in [6.45, 7) is -1.01. The van der Waals surface area contributed by atoms with Crippen LogP contribution >= 0.6 is 0 Å². The van der Waals surface area contributed by atoms with Crippen LogP contribution in [0.2, 0.25) is 0 Å². The number of benzene rings is 4. The highest BCUT2D eigenvalue weighted by atomic mass is 19.4. The average Bonchev–Trinajstić information content (AvgIpc) is 3.35. The lowest BCUT2D eigenvalue weighted by Crippen LogP contribution is -2.30. The first kappa shape index (κ1) is 50.7. The molecule has 12 nitrogen and oxygen atoms in total. The first-order valence-corrected chi connectivity index (χ1v) is 22.5. The lowest BCUT2D eigenvalue weighted by molar-refractivity contribution is -0.154. The number of carbonyl (C=O) groups is 2. The molecule has 4 heterocycles. The minimum Gasteiger partial charge on any atom is -0.484 e. The Labute approximate surface area is 400 Å². The number of hydrogen-bond donors (Lipinski definition) is 4. The van der Waals surface area contributed by atoms with Crippen molar-refractivity contribution >= 4 is 34.7 Å². The Kier molecular flexibility index (Phi) is 16.3. The maximum Gasteiger partial charge on any atom is 0.422 e. The van der Waals surface area contributed by atoms with Crippen LogP contribution in [0.5, 0.6) is 11.5 Å². The molecule has 0 bridgehead atoms. The maximum absolute atomic E-state index is 12.4. The molecule has 0 aliphatic carbocycles. The summed E-state index contributed by atoms with van der Waals surface area (Å²) in [5.41, 5.74) is 10.4. The van der Waals surface area contributed by atoms with Gasteiger partial charge in [-0.15, -0.1) is 0 Å². The maximum atomic E-state index is 12.4. The molecule has 4 N–H and O–H groups in total. The van der Waals surface area contributed by atoms with E-state index < -0.39 is 37.5 Å². The fraction of sp³-hybridized carbons (Fsp3) is 0.308. The third-order valence-electron chi connectivity index (χ3n) is 12.3. The van der Waals surface area contributed by atoms with E-state index in [2.05, 4.69) is 44.9 Å². The zero-order chi connectivity index (χ0) is 50.0. The minimum absolute atomic E-state index is 0.102. The topological polar surface area (TPSA) is 149 Å². The Morgan fingerprint density at radius 2 is 0.957 bits per heavy atom. The standard InChI is InChI=1S/2C26H26F3N3O3/c2*1-32(19-3-6-21(7-4-19)35-16-26(27,28)29)20-5-8-22-17(14-20)10-13-31-24(22)9-2-18-15-30-12-11-23(18)25(33)34/h2*3-8,11-12,14-15,24,31H,2,9-10,13,16H2,1H3,(H,33,34)/t2*24-/m10/s1. The number of pyridine rings is 2. The van der Waals surface area contributed by atoms with Crippen molar-refractivity contribution < 1.29 is 55.6 Å². The number of aryl methyl sites for hydroxylation is 2. The summed E-state index contributed by atoms with van der Waals surface area (Å²) in [6, 6.07) is 28.7. The van der Waals surface area contributed by atoms with E-state index in [1.807, 2.05) is 36.0 Å². The molecule has 0 radical (unpaired) electrons. The van der Waals surface area contributed by atoms with Gasteiger partial charge in [-0.3, -0.25) is 9.97 Å². The van der Waals surface area contributed by atoms with Gasteiger partial charge in [-0.2, -0.15) is 26.3 Å². The Hall–Kier alpha value is -7.18. The number of fused-ring (bicyclic) bond motifs is 2. The number of carboxylic acid groups (broad SMARTS) is 2. The van der Waals surface area contributed by atoms with Gasteiger partial charge in [0.15, 0.2) is 13.2 Å². The van der Waals surface area contributed by atoms with Gasteiger partial charge in [-0.05, 0) is 170 Å². The molecule has 8 rings (SSSR count). The van der Waals surface area contributed by atoms with Crippen LogP contribution in [-0.2, 0) is 25.7 Å². The third-order valence-corrected chi connectivity index (χ3v) is 12.3. The minimum atomic E-state index is -4.37. The Morgan fingerprint density at radius 1 is 0.586 bits per heavy atom. The molecular formula is C52H52F6N6O6. The number of nitrogens with one attached hydrogen (secondary N) is 2. The largest absolute Gasteiger partial charge is 0.484 e. The van der Waals surface area contributed by atoms with Gasteiger partial charge in [0.1, 0.15) is 11.5 Å². The van der Waals surface area contributed by atoms with Gasteiger partial charge >= 0.3 is 24.3 Å². The summed E-state index contributed by atoms with van der Waals surface area (Å²) >= 11 is 0. The average molecular weight is 971 g/mol. The predicted octanol–water partition coefficient (Wildman–Crippen LogP) is 10.6. The second-order valence-electron chi connectivity index (χ2n) is 16.9. The molecule has 2 aliphatic rings. The number of aromatic carboxylic acids is 2. The van der Waals surface area contributed by atoms with E-state index in [4.69, 9.17) is 9.47 Å². The van der Waals surface area contributed by atoms with Crippen molar-refractivity contribution in [3.05, 3.63) is 166 Å². The highest BCUT2D eigenvalue weighted by molar-refractivity contribution is 5.89. The number of rotatable bonds is 16. The number of ether oxygens (including phenoxy) is 2. The van der Waals surface area contributed by atoms with Crippen molar-refractivity contribution in [2.45, 2.75) is 63.0 Å². The van der Waals surface area contributed by atoms with Crippen LogP contribution in [0.3, 0.4) is 0 Å². The van der Waals surface area contributed by atoms with Crippen molar-refractivity contribution in [2.75, 3.05) is 50.2 Å². The predicted molar refractivity (Wildman–Crippen MR) is 253 cm³/mol. The van der Waals surface area contributed by atoms with Crippen molar-refractivity contribution in [3.8, 4) is 11.5 Å². The zero-order valence-corrected chi connectivity index (χ0v) is 38.4. The van der Waals surface area contributed by atoms with E-state index in [9.17, 15) is 46.1 Å². The molecular weight excluding hydrogens is 919 g/mol.